The van der Waals surface area contributed by atoms with Crippen LogP contribution in [0.2, 0.25) is 0 Å². The van der Waals surface area contributed by atoms with Gasteiger partial charge in [-0.3, -0.25) is 9.30 Å². The summed E-state index contributed by atoms with van der Waals surface area (Å²) in [6.07, 6.45) is 1.68. The molecule has 0 aliphatic carbocycles. The Balaban J connectivity index is 2.38. The third kappa shape index (κ3) is 0.653. The van der Waals surface area contributed by atoms with Crippen molar-refractivity contribution in [2.24, 2.45) is 4.99 Å². The van der Waals surface area contributed by atoms with E-state index >= 15 is 0 Å². The molecule has 0 aromatic heterocycles. The van der Waals surface area contributed by atoms with Gasteiger partial charge in [-0.1, -0.05) is 0 Å². The van der Waals surface area contributed by atoms with Gasteiger partial charge in [-0.2, -0.15) is 0 Å². The zero-order chi connectivity index (χ0) is 4.41. The molecule has 0 fully saturated rings. The average Bonchev–Trinajstić information content (AvgIpc) is 1.86. The maximum Gasteiger partial charge on any atom is 0.0957 e. The van der Waals surface area contributed by atoms with Crippen LogP contribution in [0.15, 0.2) is 4.99 Å². The van der Waals surface area contributed by atoms with Gasteiger partial charge >= 0.3 is 0 Å². The van der Waals surface area contributed by atoms with Crippen LogP contribution in [-0.4, -0.2) is 23.7 Å². The van der Waals surface area contributed by atoms with Crippen LogP contribution >= 0.6 is 12.8 Å². The molecule has 1 aliphatic rings. The van der Waals surface area contributed by atoms with E-state index in [1.807, 2.05) is 0 Å². The molecule has 0 spiro atoms. The summed E-state index contributed by atoms with van der Waals surface area (Å²) in [5, 5.41) is 0. The third-order valence-electron chi connectivity index (χ3n) is 0.660. The van der Waals surface area contributed by atoms with Gasteiger partial charge in [0.1, 0.15) is 0 Å². The van der Waals surface area contributed by atoms with Crippen molar-refractivity contribution in [2.45, 2.75) is 0 Å². The van der Waals surface area contributed by atoms with E-state index in [0.717, 1.165) is 13.1 Å². The van der Waals surface area contributed by atoms with Crippen LogP contribution in [0.1, 0.15) is 0 Å². The molecular weight excluding hydrogens is 96.1 g/mol. The molecule has 0 saturated carbocycles. The smallest absolute Gasteiger partial charge is 0.0957 e. The van der Waals surface area contributed by atoms with Crippen molar-refractivity contribution >= 4 is 19.2 Å². The minimum absolute atomic E-state index is 0.878. The zero-order valence-electron chi connectivity index (χ0n) is 3.29. The highest BCUT2D eigenvalue weighted by molar-refractivity contribution is 7.78. The van der Waals surface area contributed by atoms with Crippen LogP contribution in [0.5, 0.6) is 0 Å². The number of rotatable bonds is 0. The highest BCUT2D eigenvalue weighted by Gasteiger charge is 1.96. The quantitative estimate of drug-likeness (QED) is 0.432. The van der Waals surface area contributed by atoms with Gasteiger partial charge in [-0.15, -0.1) is 0 Å². The summed E-state index contributed by atoms with van der Waals surface area (Å²) in [6, 6.07) is 0. The molecule has 0 unspecified atom stereocenters. The Morgan fingerprint density at radius 3 is 2.83 bits per heavy atom. The van der Waals surface area contributed by atoms with Gasteiger partial charge < -0.3 is 0 Å². The second kappa shape index (κ2) is 1.51. The topological polar surface area (TPSA) is 15.6 Å². The normalized spacial score (nSPS) is 19.8. The fourth-order valence-corrected chi connectivity index (χ4v) is 0.511. The molecular formula is C3H5N2S. The van der Waals surface area contributed by atoms with Crippen molar-refractivity contribution in [3.63, 3.8) is 0 Å². The molecule has 2 nitrogen and oxygen atoms in total. The molecule has 0 bridgehead atoms. The molecule has 0 N–H and O–H groups in total. The average molecular weight is 101 g/mol. The van der Waals surface area contributed by atoms with E-state index in [1.165, 1.54) is 0 Å². The molecule has 1 radical (unpaired) electrons. The van der Waals surface area contributed by atoms with E-state index in [0.29, 0.717) is 0 Å². The van der Waals surface area contributed by atoms with Crippen LogP contribution in [-0.2, 0) is 0 Å². The standard InChI is InChI=1S/C3H5N2S/c6-5-2-1-4-3-5/h3H,1-2H2. The summed E-state index contributed by atoms with van der Waals surface area (Å²) in [6.45, 7) is 1.79. The minimum Gasteiger partial charge on any atom is -0.295 e. The predicted molar refractivity (Wildman–Crippen MR) is 27.7 cm³/mol. The Labute approximate surface area is 42.4 Å². The molecule has 1 rings (SSSR count). The largest absolute Gasteiger partial charge is 0.295 e. The highest BCUT2D eigenvalue weighted by Crippen LogP contribution is 1.93. The lowest BCUT2D eigenvalue weighted by Crippen LogP contribution is -2.04. The van der Waals surface area contributed by atoms with E-state index in [2.05, 4.69) is 17.8 Å². The van der Waals surface area contributed by atoms with Gasteiger partial charge in [0.05, 0.1) is 19.4 Å². The summed E-state index contributed by atoms with van der Waals surface area (Å²) in [5.74, 6) is 0. The first-order valence-corrected chi connectivity index (χ1v) is 2.20. The Morgan fingerprint density at radius 2 is 2.67 bits per heavy atom. The summed E-state index contributed by atoms with van der Waals surface area (Å²) >= 11 is 4.69. The molecule has 0 aromatic rings. The first-order valence-electron chi connectivity index (χ1n) is 1.83. The van der Waals surface area contributed by atoms with Crippen LogP contribution in [0.3, 0.4) is 0 Å². The molecule has 0 atom stereocenters. The molecule has 3 heteroatoms. The van der Waals surface area contributed by atoms with Crippen molar-refractivity contribution in [3.05, 3.63) is 0 Å². The Morgan fingerprint density at radius 1 is 1.83 bits per heavy atom. The van der Waals surface area contributed by atoms with Crippen LogP contribution in [0.4, 0.5) is 0 Å². The van der Waals surface area contributed by atoms with Crippen LogP contribution in [0.25, 0.3) is 0 Å². The summed E-state index contributed by atoms with van der Waals surface area (Å²) in [5.41, 5.74) is 0. The molecule has 0 saturated heterocycles. The Hall–Kier alpha value is -0.180. The Kier molecular flexibility index (Phi) is 1.01. The molecule has 0 aromatic carbocycles. The fourth-order valence-electron chi connectivity index (χ4n) is 0.363. The lowest BCUT2D eigenvalue weighted by Gasteiger charge is -1.95. The lowest BCUT2D eigenvalue weighted by atomic mass is 10.7. The van der Waals surface area contributed by atoms with Gasteiger partial charge in [-0.05, 0) is 0 Å². The number of aliphatic imine (C=N–C) groups is 1. The second-order valence-electron chi connectivity index (χ2n) is 1.16. The minimum atomic E-state index is 0.878. The molecule has 33 valence electrons. The van der Waals surface area contributed by atoms with Crippen molar-refractivity contribution < 1.29 is 0 Å². The number of nitrogens with zero attached hydrogens (tertiary/aromatic N) is 2. The Bertz CT molecular complexity index is 71.2. The van der Waals surface area contributed by atoms with Crippen molar-refractivity contribution in [1.82, 2.24) is 4.31 Å². The first-order chi connectivity index (χ1) is 2.89. The third-order valence-corrected chi connectivity index (χ3v) is 0.937. The van der Waals surface area contributed by atoms with Crippen molar-refractivity contribution in [2.75, 3.05) is 13.1 Å². The van der Waals surface area contributed by atoms with Gasteiger partial charge in [0.25, 0.3) is 0 Å². The zero-order valence-corrected chi connectivity index (χ0v) is 4.11. The van der Waals surface area contributed by atoms with Gasteiger partial charge in [0, 0.05) is 12.8 Å². The van der Waals surface area contributed by atoms with Crippen LogP contribution < -0.4 is 0 Å². The van der Waals surface area contributed by atoms with Crippen LogP contribution in [0, 0.1) is 0 Å². The van der Waals surface area contributed by atoms with E-state index in [1.54, 1.807) is 10.6 Å². The summed E-state index contributed by atoms with van der Waals surface area (Å²) in [4.78, 5) is 3.86. The fraction of sp³-hybridized carbons (Fsp3) is 0.667. The van der Waals surface area contributed by atoms with Gasteiger partial charge in [-0.25, -0.2) is 0 Å². The predicted octanol–water partition coefficient (Wildman–Crippen LogP) is 0.443. The first kappa shape index (κ1) is 3.99. The molecule has 1 heterocycles. The number of hydrogen-bond donors (Lipinski definition) is 0. The maximum absolute atomic E-state index is 4.69. The molecule has 6 heavy (non-hydrogen) atoms. The summed E-state index contributed by atoms with van der Waals surface area (Å²) < 4.78 is 1.65. The van der Waals surface area contributed by atoms with Gasteiger partial charge in [0.15, 0.2) is 0 Å². The SMILES string of the molecule is [S]N1C=NCC1. The van der Waals surface area contributed by atoms with E-state index in [-0.39, 0.29) is 0 Å². The van der Waals surface area contributed by atoms with Crippen molar-refractivity contribution in [1.29, 1.82) is 0 Å². The maximum atomic E-state index is 4.69. The highest BCUT2D eigenvalue weighted by atomic mass is 32.1. The summed E-state index contributed by atoms with van der Waals surface area (Å²) in [7, 11) is 0. The lowest BCUT2D eigenvalue weighted by molar-refractivity contribution is 0.757. The number of hydrogen-bond acceptors (Lipinski definition) is 2. The molecule has 0 amide bonds. The van der Waals surface area contributed by atoms with Gasteiger partial charge in [0.2, 0.25) is 0 Å². The van der Waals surface area contributed by atoms with E-state index < -0.39 is 0 Å². The second-order valence-corrected chi connectivity index (χ2v) is 1.63. The van der Waals surface area contributed by atoms with E-state index in [9.17, 15) is 0 Å². The monoisotopic (exact) mass is 101 g/mol. The van der Waals surface area contributed by atoms with Crippen molar-refractivity contribution in [3.8, 4) is 0 Å². The molecule has 1 aliphatic heterocycles. The van der Waals surface area contributed by atoms with E-state index in [4.69, 9.17) is 0 Å².